The minimum Gasteiger partial charge on any atom is -0.356 e. The highest BCUT2D eigenvalue weighted by molar-refractivity contribution is 5.75. The Morgan fingerprint density at radius 2 is 1.68 bits per heavy atom. The van der Waals surface area contributed by atoms with Gasteiger partial charge in [0.1, 0.15) is 0 Å². The Hall–Kier alpha value is -0.570. The number of amides is 1. The molecule has 1 unspecified atom stereocenters. The van der Waals surface area contributed by atoms with Crippen LogP contribution in [0.5, 0.6) is 0 Å². The van der Waals surface area contributed by atoms with Crippen molar-refractivity contribution in [2.45, 2.75) is 78.1 Å². The van der Waals surface area contributed by atoms with Crippen LogP contribution in [0.25, 0.3) is 0 Å². The van der Waals surface area contributed by atoms with Crippen LogP contribution in [0.15, 0.2) is 0 Å². The summed E-state index contributed by atoms with van der Waals surface area (Å²) in [5, 5.41) is 3.06. The summed E-state index contributed by atoms with van der Waals surface area (Å²) >= 11 is 0. The van der Waals surface area contributed by atoms with Crippen molar-refractivity contribution in [1.29, 1.82) is 0 Å². The van der Waals surface area contributed by atoms with Crippen LogP contribution in [-0.4, -0.2) is 19.0 Å². The first-order valence-corrected chi connectivity index (χ1v) is 8.21. The van der Waals surface area contributed by atoms with Crippen LogP contribution >= 0.6 is 0 Å². The molecule has 0 bridgehead atoms. The highest BCUT2D eigenvalue weighted by Crippen LogP contribution is 2.10. The van der Waals surface area contributed by atoms with Gasteiger partial charge in [-0.05, 0) is 31.7 Å². The fourth-order valence-corrected chi connectivity index (χ4v) is 2.40. The third-order valence-corrected chi connectivity index (χ3v) is 3.62. The summed E-state index contributed by atoms with van der Waals surface area (Å²) in [6, 6.07) is 0. The molecule has 0 radical (unpaired) electrons. The van der Waals surface area contributed by atoms with Gasteiger partial charge in [-0.1, -0.05) is 52.4 Å². The van der Waals surface area contributed by atoms with Gasteiger partial charge in [0.25, 0.3) is 0 Å². The van der Waals surface area contributed by atoms with Crippen molar-refractivity contribution in [2.75, 3.05) is 13.1 Å². The van der Waals surface area contributed by atoms with Gasteiger partial charge in [0, 0.05) is 13.0 Å². The molecule has 0 fully saturated rings. The van der Waals surface area contributed by atoms with Crippen LogP contribution in [0.3, 0.4) is 0 Å². The molecule has 0 aliphatic heterocycles. The summed E-state index contributed by atoms with van der Waals surface area (Å²) < 4.78 is 0. The Labute approximate surface area is 119 Å². The molecule has 0 saturated carbocycles. The van der Waals surface area contributed by atoms with E-state index in [0.717, 1.165) is 38.8 Å². The Morgan fingerprint density at radius 1 is 1.00 bits per heavy atom. The van der Waals surface area contributed by atoms with E-state index in [0.29, 0.717) is 12.3 Å². The van der Waals surface area contributed by atoms with Crippen molar-refractivity contribution in [1.82, 2.24) is 5.32 Å². The van der Waals surface area contributed by atoms with E-state index in [4.69, 9.17) is 5.73 Å². The summed E-state index contributed by atoms with van der Waals surface area (Å²) in [6.45, 7) is 5.93. The largest absolute Gasteiger partial charge is 0.356 e. The van der Waals surface area contributed by atoms with Crippen LogP contribution in [0.4, 0.5) is 0 Å². The number of nitrogens with one attached hydrogen (secondary N) is 1. The van der Waals surface area contributed by atoms with E-state index in [9.17, 15) is 4.79 Å². The van der Waals surface area contributed by atoms with Gasteiger partial charge in [-0.25, -0.2) is 0 Å². The number of unbranched alkanes of at least 4 members (excludes halogenated alkanes) is 5. The monoisotopic (exact) mass is 270 g/mol. The summed E-state index contributed by atoms with van der Waals surface area (Å²) in [5.74, 6) is 0.775. The minimum atomic E-state index is 0.216. The van der Waals surface area contributed by atoms with Gasteiger partial charge in [0.15, 0.2) is 0 Å². The average molecular weight is 270 g/mol. The van der Waals surface area contributed by atoms with Gasteiger partial charge in [-0.15, -0.1) is 0 Å². The van der Waals surface area contributed by atoms with E-state index < -0.39 is 0 Å². The van der Waals surface area contributed by atoms with Crippen molar-refractivity contribution in [3.63, 3.8) is 0 Å². The predicted molar refractivity (Wildman–Crippen MR) is 83.1 cm³/mol. The first kappa shape index (κ1) is 18.4. The topological polar surface area (TPSA) is 55.1 Å². The zero-order valence-electron chi connectivity index (χ0n) is 13.0. The summed E-state index contributed by atoms with van der Waals surface area (Å²) in [4.78, 5) is 11.7. The fourth-order valence-electron chi connectivity index (χ4n) is 2.40. The zero-order valence-corrected chi connectivity index (χ0v) is 13.0. The molecule has 1 atom stereocenters. The molecular weight excluding hydrogens is 236 g/mol. The van der Waals surface area contributed by atoms with Gasteiger partial charge in [0.05, 0.1) is 0 Å². The lowest BCUT2D eigenvalue weighted by molar-refractivity contribution is -0.121. The van der Waals surface area contributed by atoms with Crippen LogP contribution in [0, 0.1) is 5.92 Å². The summed E-state index contributed by atoms with van der Waals surface area (Å²) in [6.07, 6.45) is 11.4. The van der Waals surface area contributed by atoms with Gasteiger partial charge < -0.3 is 11.1 Å². The van der Waals surface area contributed by atoms with Gasteiger partial charge in [0.2, 0.25) is 5.91 Å². The van der Waals surface area contributed by atoms with Crippen LogP contribution < -0.4 is 11.1 Å². The second-order valence-electron chi connectivity index (χ2n) is 5.55. The van der Waals surface area contributed by atoms with E-state index in [1.54, 1.807) is 0 Å². The smallest absolute Gasteiger partial charge is 0.220 e. The van der Waals surface area contributed by atoms with E-state index in [2.05, 4.69) is 19.2 Å². The summed E-state index contributed by atoms with van der Waals surface area (Å²) in [7, 11) is 0. The maximum absolute atomic E-state index is 11.7. The van der Waals surface area contributed by atoms with Crippen LogP contribution in [-0.2, 0) is 4.79 Å². The number of carbonyl (C=O) groups excluding carboxylic acids is 1. The van der Waals surface area contributed by atoms with Gasteiger partial charge in [-0.2, -0.15) is 0 Å². The highest BCUT2D eigenvalue weighted by atomic mass is 16.1. The molecule has 0 aliphatic carbocycles. The molecule has 114 valence electrons. The lowest BCUT2D eigenvalue weighted by atomic mass is 10.00. The molecule has 0 heterocycles. The first-order valence-electron chi connectivity index (χ1n) is 8.21. The molecule has 0 aliphatic rings. The average Bonchev–Trinajstić information content (AvgIpc) is 2.40. The maximum atomic E-state index is 11.7. The molecule has 3 nitrogen and oxygen atoms in total. The number of hydrogen-bond donors (Lipinski definition) is 2. The van der Waals surface area contributed by atoms with Gasteiger partial charge >= 0.3 is 0 Å². The van der Waals surface area contributed by atoms with E-state index in [1.165, 1.54) is 32.1 Å². The molecule has 1 amide bonds. The predicted octanol–water partition coefficient (Wildman–Crippen LogP) is 3.62. The number of carbonyl (C=O) groups is 1. The normalized spacial score (nSPS) is 12.4. The van der Waals surface area contributed by atoms with Gasteiger partial charge in [-0.3, -0.25) is 4.79 Å². The van der Waals surface area contributed by atoms with E-state index >= 15 is 0 Å². The molecule has 19 heavy (non-hydrogen) atoms. The number of rotatable bonds is 13. The fraction of sp³-hybridized carbons (Fsp3) is 0.938. The van der Waals surface area contributed by atoms with E-state index in [1.807, 2.05) is 0 Å². The molecular formula is C16H34N2O. The molecule has 0 aromatic rings. The Balaban J connectivity index is 3.50. The van der Waals surface area contributed by atoms with Crippen molar-refractivity contribution in [3.8, 4) is 0 Å². The molecule has 3 N–H and O–H groups in total. The standard InChI is InChI=1S/C16H34N2O/c1-3-5-6-7-8-9-11-16(19)18-14-15(10-4-2)12-13-17/h15H,3-14,17H2,1-2H3,(H,18,19). The van der Waals surface area contributed by atoms with Crippen LogP contribution in [0.2, 0.25) is 0 Å². The lowest BCUT2D eigenvalue weighted by Crippen LogP contribution is -2.30. The van der Waals surface area contributed by atoms with Crippen molar-refractivity contribution in [3.05, 3.63) is 0 Å². The molecule has 3 heteroatoms. The Morgan fingerprint density at radius 3 is 2.32 bits per heavy atom. The molecule has 0 aromatic carbocycles. The third-order valence-electron chi connectivity index (χ3n) is 3.62. The summed E-state index contributed by atoms with van der Waals surface area (Å²) in [5.41, 5.74) is 5.59. The second kappa shape index (κ2) is 13.9. The Kier molecular flexibility index (Phi) is 13.4. The van der Waals surface area contributed by atoms with Crippen molar-refractivity contribution >= 4 is 5.91 Å². The number of hydrogen-bond acceptors (Lipinski definition) is 2. The molecule has 0 aromatic heterocycles. The van der Waals surface area contributed by atoms with E-state index in [-0.39, 0.29) is 5.91 Å². The third kappa shape index (κ3) is 12.2. The maximum Gasteiger partial charge on any atom is 0.220 e. The molecule has 0 rings (SSSR count). The lowest BCUT2D eigenvalue weighted by Gasteiger charge is -2.15. The highest BCUT2D eigenvalue weighted by Gasteiger charge is 2.08. The molecule has 0 spiro atoms. The van der Waals surface area contributed by atoms with Crippen molar-refractivity contribution < 1.29 is 4.79 Å². The SMILES string of the molecule is CCCCCCCCC(=O)NCC(CCC)CCN. The quantitative estimate of drug-likeness (QED) is 0.502. The molecule has 0 saturated heterocycles. The zero-order chi connectivity index (χ0) is 14.3. The second-order valence-corrected chi connectivity index (χ2v) is 5.55. The number of nitrogens with two attached hydrogens (primary N) is 1. The minimum absolute atomic E-state index is 0.216. The van der Waals surface area contributed by atoms with Crippen molar-refractivity contribution in [2.24, 2.45) is 11.7 Å². The van der Waals surface area contributed by atoms with Crippen LogP contribution in [0.1, 0.15) is 78.1 Å². The Bertz CT molecular complexity index is 201. The first-order chi connectivity index (χ1) is 9.24.